The zero-order valence-electron chi connectivity index (χ0n) is 13.6. The van der Waals surface area contributed by atoms with Gasteiger partial charge < -0.3 is 10.1 Å². The fourth-order valence-corrected chi connectivity index (χ4v) is 2.96. The van der Waals surface area contributed by atoms with Gasteiger partial charge in [-0.1, -0.05) is 23.8 Å². The van der Waals surface area contributed by atoms with E-state index in [1.807, 2.05) is 50.4 Å². The second kappa shape index (κ2) is 7.92. The second-order valence-corrected chi connectivity index (χ2v) is 6.58. The third kappa shape index (κ3) is 5.21. The van der Waals surface area contributed by atoms with E-state index in [0.29, 0.717) is 5.75 Å². The molecule has 0 saturated heterocycles. The van der Waals surface area contributed by atoms with Gasteiger partial charge in [-0.25, -0.2) is 0 Å². The monoisotopic (exact) mass is 331 g/mol. The van der Waals surface area contributed by atoms with Crippen molar-refractivity contribution in [2.75, 3.05) is 6.61 Å². The number of amides is 1. The van der Waals surface area contributed by atoms with Crippen LogP contribution in [-0.2, 0) is 4.79 Å². The zero-order chi connectivity index (χ0) is 16.8. The van der Waals surface area contributed by atoms with Crippen molar-refractivity contribution in [3.8, 4) is 5.75 Å². The Bertz CT molecular complexity index is 680. The Hall–Kier alpha value is -2.14. The van der Waals surface area contributed by atoms with Crippen LogP contribution >= 0.6 is 11.3 Å². The van der Waals surface area contributed by atoms with Crippen LogP contribution in [0.1, 0.15) is 34.1 Å². The molecule has 1 heterocycles. The van der Waals surface area contributed by atoms with Crippen molar-refractivity contribution in [2.24, 2.45) is 0 Å². The number of Topliss-reactive ketones (excluding diaryl/α,β-unsaturated/α-hetero) is 1. The SMILES string of the molecule is Cc1ccc(OCC(=O)N[C@H](C)CC(=O)c2cccs2)c(C)c1. The van der Waals surface area contributed by atoms with Crippen LogP contribution in [0.4, 0.5) is 0 Å². The van der Waals surface area contributed by atoms with Crippen molar-refractivity contribution >= 4 is 23.0 Å². The van der Waals surface area contributed by atoms with Crippen molar-refractivity contribution in [1.29, 1.82) is 0 Å². The highest BCUT2D eigenvalue weighted by Crippen LogP contribution is 2.18. The minimum atomic E-state index is -0.226. The Morgan fingerprint density at radius 2 is 2.04 bits per heavy atom. The van der Waals surface area contributed by atoms with E-state index in [2.05, 4.69) is 5.32 Å². The first-order valence-corrected chi connectivity index (χ1v) is 8.40. The highest BCUT2D eigenvalue weighted by molar-refractivity contribution is 7.12. The maximum atomic E-state index is 12.0. The Morgan fingerprint density at radius 3 is 2.70 bits per heavy atom. The minimum absolute atomic E-state index is 0.0445. The second-order valence-electron chi connectivity index (χ2n) is 5.63. The molecule has 0 spiro atoms. The summed E-state index contributed by atoms with van der Waals surface area (Å²) in [5.74, 6) is 0.521. The highest BCUT2D eigenvalue weighted by atomic mass is 32.1. The van der Waals surface area contributed by atoms with E-state index < -0.39 is 0 Å². The number of nitrogens with one attached hydrogen (secondary N) is 1. The van der Waals surface area contributed by atoms with Gasteiger partial charge in [-0.15, -0.1) is 11.3 Å². The first-order valence-electron chi connectivity index (χ1n) is 7.52. The molecule has 122 valence electrons. The summed E-state index contributed by atoms with van der Waals surface area (Å²) in [5.41, 5.74) is 2.15. The third-order valence-corrected chi connectivity index (χ3v) is 4.30. The molecule has 1 aromatic carbocycles. The van der Waals surface area contributed by atoms with Gasteiger partial charge in [0.15, 0.2) is 12.4 Å². The lowest BCUT2D eigenvalue weighted by Crippen LogP contribution is -2.37. The molecule has 1 aromatic heterocycles. The van der Waals surface area contributed by atoms with Gasteiger partial charge in [-0.05, 0) is 43.8 Å². The number of rotatable bonds is 7. The molecule has 5 heteroatoms. The fourth-order valence-electron chi connectivity index (χ4n) is 2.29. The summed E-state index contributed by atoms with van der Waals surface area (Å²) in [5, 5.41) is 4.66. The predicted molar refractivity (Wildman–Crippen MR) is 92.3 cm³/mol. The van der Waals surface area contributed by atoms with Crippen molar-refractivity contribution in [3.63, 3.8) is 0 Å². The molecule has 2 rings (SSSR count). The minimum Gasteiger partial charge on any atom is -0.484 e. The van der Waals surface area contributed by atoms with Gasteiger partial charge >= 0.3 is 0 Å². The maximum absolute atomic E-state index is 12.0. The van der Waals surface area contributed by atoms with Crippen molar-refractivity contribution < 1.29 is 14.3 Å². The fraction of sp³-hybridized carbons (Fsp3) is 0.333. The number of carbonyl (C=O) groups is 2. The molecule has 0 radical (unpaired) electrons. The average Bonchev–Trinajstić information content (AvgIpc) is 3.00. The summed E-state index contributed by atoms with van der Waals surface area (Å²) in [6.45, 7) is 5.72. The first-order chi connectivity index (χ1) is 11.0. The Labute approximate surface area is 140 Å². The number of thiophene rings is 1. The smallest absolute Gasteiger partial charge is 0.258 e. The number of ether oxygens (including phenoxy) is 1. The van der Waals surface area contributed by atoms with Gasteiger partial charge in [-0.3, -0.25) is 9.59 Å². The lowest BCUT2D eigenvalue weighted by molar-refractivity contribution is -0.123. The quantitative estimate of drug-likeness (QED) is 0.790. The Kier molecular flexibility index (Phi) is 5.93. The number of hydrogen-bond acceptors (Lipinski definition) is 4. The standard InChI is InChI=1S/C18H21NO3S/c1-12-6-7-16(13(2)9-12)22-11-18(21)19-14(3)10-15(20)17-5-4-8-23-17/h4-9,14H,10-11H2,1-3H3,(H,19,21)/t14-/m1/s1. The van der Waals surface area contributed by atoms with E-state index in [4.69, 9.17) is 4.74 Å². The van der Waals surface area contributed by atoms with Crippen LogP contribution < -0.4 is 10.1 Å². The molecule has 0 aliphatic heterocycles. The largest absolute Gasteiger partial charge is 0.484 e. The van der Waals surface area contributed by atoms with Crippen LogP contribution in [0.5, 0.6) is 5.75 Å². The highest BCUT2D eigenvalue weighted by Gasteiger charge is 2.14. The van der Waals surface area contributed by atoms with Gasteiger partial charge in [0.25, 0.3) is 5.91 Å². The van der Waals surface area contributed by atoms with E-state index in [-0.39, 0.29) is 30.8 Å². The van der Waals surface area contributed by atoms with Crippen LogP contribution in [-0.4, -0.2) is 24.3 Å². The lowest BCUT2D eigenvalue weighted by Gasteiger charge is -2.14. The molecule has 0 unspecified atom stereocenters. The number of benzene rings is 1. The molecule has 0 aliphatic carbocycles. The van der Waals surface area contributed by atoms with Crippen LogP contribution in [0.3, 0.4) is 0 Å². The molecular weight excluding hydrogens is 310 g/mol. The average molecular weight is 331 g/mol. The van der Waals surface area contributed by atoms with Gasteiger partial charge in [0.1, 0.15) is 5.75 Å². The summed E-state index contributed by atoms with van der Waals surface area (Å²) in [4.78, 5) is 24.6. The third-order valence-electron chi connectivity index (χ3n) is 3.38. The van der Waals surface area contributed by atoms with Crippen LogP contribution in [0.25, 0.3) is 0 Å². The summed E-state index contributed by atoms with van der Waals surface area (Å²) < 4.78 is 5.54. The summed E-state index contributed by atoms with van der Waals surface area (Å²) in [7, 11) is 0. The Balaban J connectivity index is 1.79. The Morgan fingerprint density at radius 1 is 1.26 bits per heavy atom. The number of carbonyl (C=O) groups excluding carboxylic acids is 2. The number of hydrogen-bond donors (Lipinski definition) is 1. The van der Waals surface area contributed by atoms with Crippen molar-refractivity contribution in [2.45, 2.75) is 33.2 Å². The van der Waals surface area contributed by atoms with Gasteiger partial charge in [-0.2, -0.15) is 0 Å². The number of ketones is 1. The van der Waals surface area contributed by atoms with E-state index in [0.717, 1.165) is 16.0 Å². The van der Waals surface area contributed by atoms with E-state index in [9.17, 15) is 9.59 Å². The molecule has 0 aliphatic rings. The summed E-state index contributed by atoms with van der Waals surface area (Å²) >= 11 is 1.42. The molecule has 2 aromatic rings. The molecule has 0 bridgehead atoms. The molecule has 0 saturated carbocycles. The van der Waals surface area contributed by atoms with E-state index in [1.165, 1.54) is 11.3 Å². The van der Waals surface area contributed by atoms with Crippen LogP contribution in [0.2, 0.25) is 0 Å². The van der Waals surface area contributed by atoms with Gasteiger partial charge in [0.05, 0.1) is 4.88 Å². The van der Waals surface area contributed by atoms with Crippen LogP contribution in [0, 0.1) is 13.8 Å². The number of aryl methyl sites for hydroxylation is 2. The topological polar surface area (TPSA) is 55.4 Å². The van der Waals surface area contributed by atoms with E-state index >= 15 is 0 Å². The lowest BCUT2D eigenvalue weighted by atomic mass is 10.1. The predicted octanol–water partition coefficient (Wildman–Crippen LogP) is 3.52. The summed E-state index contributed by atoms with van der Waals surface area (Å²) in [6, 6.07) is 9.24. The van der Waals surface area contributed by atoms with Gasteiger partial charge in [0, 0.05) is 12.5 Å². The molecule has 1 N–H and O–H groups in total. The van der Waals surface area contributed by atoms with Crippen molar-refractivity contribution in [1.82, 2.24) is 5.32 Å². The molecule has 23 heavy (non-hydrogen) atoms. The normalized spacial score (nSPS) is 11.8. The molecule has 1 amide bonds. The molecule has 4 nitrogen and oxygen atoms in total. The molecule has 0 fully saturated rings. The van der Waals surface area contributed by atoms with Crippen molar-refractivity contribution in [3.05, 3.63) is 51.7 Å². The summed E-state index contributed by atoms with van der Waals surface area (Å²) in [6.07, 6.45) is 0.288. The van der Waals surface area contributed by atoms with E-state index in [1.54, 1.807) is 6.07 Å². The van der Waals surface area contributed by atoms with Gasteiger partial charge in [0.2, 0.25) is 0 Å². The molecule has 1 atom stereocenters. The van der Waals surface area contributed by atoms with Crippen LogP contribution in [0.15, 0.2) is 35.7 Å². The molecular formula is C18H21NO3S. The first kappa shape index (κ1) is 17.2. The zero-order valence-corrected chi connectivity index (χ0v) is 14.4. The maximum Gasteiger partial charge on any atom is 0.258 e.